The summed E-state index contributed by atoms with van der Waals surface area (Å²) >= 11 is -0.246. The topological polar surface area (TPSA) is 71.9 Å². The fraction of sp³-hybridized carbons (Fsp3) is 0.133. The number of allylic oxidation sites excluding steroid dienone is 1. The summed E-state index contributed by atoms with van der Waals surface area (Å²) in [6.45, 7) is 0. The van der Waals surface area contributed by atoms with Crippen molar-refractivity contribution < 1.29 is 13.7 Å². The van der Waals surface area contributed by atoms with Crippen molar-refractivity contribution in [1.82, 2.24) is 9.29 Å². The van der Waals surface area contributed by atoms with Gasteiger partial charge in [-0.15, -0.1) is 11.3 Å². The van der Waals surface area contributed by atoms with Gasteiger partial charge in [0.05, 0.1) is 17.7 Å². The normalized spacial score (nSPS) is 17.5. The summed E-state index contributed by atoms with van der Waals surface area (Å²) in [6.07, 6.45) is 3.23. The molecule has 23 heavy (non-hydrogen) atoms. The van der Waals surface area contributed by atoms with Crippen LogP contribution in [0.4, 0.5) is 0 Å². The summed E-state index contributed by atoms with van der Waals surface area (Å²) in [7, 11) is 2.81. The molecule has 0 N–H and O–H groups in total. The molecule has 0 aliphatic carbocycles. The maximum atomic E-state index is 12.1. The number of ether oxygens (including phenoxy) is 1. The third kappa shape index (κ3) is 3.08. The van der Waals surface area contributed by atoms with Crippen LogP contribution in [0.25, 0.3) is 10.6 Å². The van der Waals surface area contributed by atoms with E-state index in [1.54, 1.807) is 12.3 Å². The molecule has 8 heteroatoms. The highest BCUT2D eigenvalue weighted by Gasteiger charge is 2.26. The Kier molecular flexibility index (Phi) is 4.35. The Morgan fingerprint density at radius 1 is 1.30 bits per heavy atom. The van der Waals surface area contributed by atoms with Gasteiger partial charge in [0.15, 0.2) is 0 Å². The second-order valence-electron chi connectivity index (χ2n) is 4.62. The third-order valence-electron chi connectivity index (χ3n) is 3.20. The SMILES string of the molecule is COC(=O)C1=CC(c2cnc(-c3ccccc3)s2)=NS(=O)N1C. The minimum Gasteiger partial charge on any atom is -0.464 e. The average Bonchev–Trinajstić information content (AvgIpc) is 3.07. The number of hydrogen-bond acceptors (Lipinski definition) is 5. The predicted octanol–water partition coefficient (Wildman–Crippen LogP) is 2.18. The molecule has 0 radical (unpaired) electrons. The minimum absolute atomic E-state index is 0.200. The lowest BCUT2D eigenvalue weighted by molar-refractivity contribution is -0.137. The monoisotopic (exact) mass is 347 g/mol. The van der Waals surface area contributed by atoms with Crippen molar-refractivity contribution in [3.05, 3.63) is 53.2 Å². The zero-order chi connectivity index (χ0) is 16.4. The number of methoxy groups -OCH3 is 1. The molecule has 3 rings (SSSR count). The molecule has 2 aromatic rings. The lowest BCUT2D eigenvalue weighted by Crippen LogP contribution is -2.29. The predicted molar refractivity (Wildman–Crippen MR) is 90.1 cm³/mol. The number of nitrogens with zero attached hydrogens (tertiary/aromatic N) is 3. The van der Waals surface area contributed by atoms with E-state index in [0.717, 1.165) is 15.4 Å². The summed E-state index contributed by atoms with van der Waals surface area (Å²) in [4.78, 5) is 16.9. The Morgan fingerprint density at radius 2 is 2.04 bits per heavy atom. The largest absolute Gasteiger partial charge is 0.464 e. The van der Waals surface area contributed by atoms with Gasteiger partial charge in [-0.1, -0.05) is 30.3 Å². The van der Waals surface area contributed by atoms with Crippen LogP contribution in [0.2, 0.25) is 0 Å². The highest BCUT2D eigenvalue weighted by atomic mass is 32.2. The van der Waals surface area contributed by atoms with Gasteiger partial charge < -0.3 is 4.74 Å². The van der Waals surface area contributed by atoms with Crippen molar-refractivity contribution in [3.63, 3.8) is 0 Å². The first kappa shape index (κ1) is 15.6. The van der Waals surface area contributed by atoms with E-state index < -0.39 is 17.1 Å². The van der Waals surface area contributed by atoms with Crippen LogP contribution >= 0.6 is 11.3 Å². The fourth-order valence-corrected chi connectivity index (χ4v) is 3.67. The first-order valence-electron chi connectivity index (χ1n) is 6.66. The van der Waals surface area contributed by atoms with E-state index in [-0.39, 0.29) is 5.70 Å². The molecule has 1 aromatic carbocycles. The van der Waals surface area contributed by atoms with Crippen LogP contribution in [-0.4, -0.2) is 39.3 Å². The van der Waals surface area contributed by atoms with Gasteiger partial charge in [0.1, 0.15) is 10.7 Å². The minimum atomic E-state index is -1.67. The van der Waals surface area contributed by atoms with Crippen molar-refractivity contribution in [3.8, 4) is 10.6 Å². The van der Waals surface area contributed by atoms with E-state index >= 15 is 0 Å². The molecule has 1 atom stereocenters. The molecular formula is C15H13N3O3S2. The molecule has 0 saturated heterocycles. The van der Waals surface area contributed by atoms with E-state index in [1.807, 2.05) is 30.3 Å². The zero-order valence-corrected chi connectivity index (χ0v) is 14.1. The van der Waals surface area contributed by atoms with Gasteiger partial charge in [-0.05, 0) is 6.08 Å². The third-order valence-corrected chi connectivity index (χ3v) is 5.28. The molecule has 0 amide bonds. The Hall–Kier alpha value is -2.32. The molecule has 1 aliphatic rings. The van der Waals surface area contributed by atoms with E-state index in [0.29, 0.717) is 5.71 Å². The van der Waals surface area contributed by atoms with Crippen LogP contribution in [0.15, 0.2) is 52.7 Å². The van der Waals surface area contributed by atoms with Crippen LogP contribution in [-0.2, 0) is 20.7 Å². The van der Waals surface area contributed by atoms with Crippen LogP contribution in [0.5, 0.6) is 0 Å². The van der Waals surface area contributed by atoms with Crippen LogP contribution in [0, 0.1) is 0 Å². The number of esters is 1. The van der Waals surface area contributed by atoms with Gasteiger partial charge in [0, 0.05) is 18.8 Å². The molecule has 0 spiro atoms. The maximum absolute atomic E-state index is 12.1. The number of carbonyl (C=O) groups is 1. The van der Waals surface area contributed by atoms with Crippen LogP contribution < -0.4 is 0 Å². The van der Waals surface area contributed by atoms with E-state index in [9.17, 15) is 9.00 Å². The van der Waals surface area contributed by atoms with Gasteiger partial charge in [0.25, 0.3) is 0 Å². The lowest BCUT2D eigenvalue weighted by atomic mass is 10.2. The number of hydrogen-bond donors (Lipinski definition) is 0. The smallest absolute Gasteiger partial charge is 0.355 e. The molecule has 1 aromatic heterocycles. The van der Waals surface area contributed by atoms with Crippen molar-refractivity contribution in [2.45, 2.75) is 0 Å². The first-order chi connectivity index (χ1) is 11.1. The van der Waals surface area contributed by atoms with E-state index in [1.165, 1.54) is 29.8 Å². The van der Waals surface area contributed by atoms with E-state index in [2.05, 4.69) is 9.38 Å². The van der Waals surface area contributed by atoms with Gasteiger partial charge in [-0.25, -0.2) is 14.0 Å². The Morgan fingerprint density at radius 3 is 2.74 bits per heavy atom. The van der Waals surface area contributed by atoms with Gasteiger partial charge in [-0.3, -0.25) is 4.31 Å². The van der Waals surface area contributed by atoms with Crippen LogP contribution in [0.3, 0.4) is 0 Å². The number of carbonyl (C=O) groups excluding carboxylic acids is 1. The number of rotatable bonds is 3. The molecule has 6 nitrogen and oxygen atoms in total. The summed E-state index contributed by atoms with van der Waals surface area (Å²) in [5.74, 6) is -0.555. The number of aromatic nitrogens is 1. The second-order valence-corrected chi connectivity index (χ2v) is 6.84. The lowest BCUT2D eigenvalue weighted by Gasteiger charge is -2.20. The highest BCUT2D eigenvalue weighted by Crippen LogP contribution is 2.27. The van der Waals surface area contributed by atoms with E-state index in [4.69, 9.17) is 4.74 Å². The van der Waals surface area contributed by atoms with Crippen molar-refractivity contribution in [1.29, 1.82) is 0 Å². The molecule has 2 heterocycles. The van der Waals surface area contributed by atoms with Gasteiger partial charge in [-0.2, -0.15) is 4.40 Å². The molecule has 0 saturated carbocycles. The maximum Gasteiger partial charge on any atom is 0.355 e. The fourth-order valence-electron chi connectivity index (χ4n) is 1.99. The highest BCUT2D eigenvalue weighted by molar-refractivity contribution is 7.81. The zero-order valence-electron chi connectivity index (χ0n) is 12.4. The molecule has 1 aliphatic heterocycles. The molecular weight excluding hydrogens is 334 g/mol. The summed E-state index contributed by atoms with van der Waals surface area (Å²) in [5, 5.41) is 0.834. The summed E-state index contributed by atoms with van der Waals surface area (Å²) in [5.41, 5.74) is 1.66. The Bertz CT molecular complexity index is 828. The molecule has 0 fully saturated rings. The first-order valence-corrected chi connectivity index (χ1v) is 8.54. The van der Waals surface area contributed by atoms with Crippen molar-refractivity contribution in [2.24, 2.45) is 4.40 Å². The molecule has 0 bridgehead atoms. The quantitative estimate of drug-likeness (QED) is 0.798. The Labute approximate surface area is 139 Å². The van der Waals surface area contributed by atoms with Crippen molar-refractivity contribution >= 4 is 34.2 Å². The Balaban J connectivity index is 1.97. The standard InChI is InChI=1S/C15H13N3O3S2/c1-18-12(15(19)21-2)8-11(17-23(18)20)13-9-16-14(22-13)10-6-4-3-5-7-10/h3-9H,1-2H3. The summed E-state index contributed by atoms with van der Waals surface area (Å²) < 4.78 is 22.2. The number of thiazole rings is 1. The van der Waals surface area contributed by atoms with Crippen molar-refractivity contribution in [2.75, 3.05) is 14.2 Å². The van der Waals surface area contributed by atoms with Crippen LogP contribution in [0.1, 0.15) is 4.88 Å². The molecule has 118 valence electrons. The number of benzene rings is 1. The molecule has 1 unspecified atom stereocenters. The average molecular weight is 347 g/mol. The van der Waals surface area contributed by atoms with Gasteiger partial charge >= 0.3 is 5.97 Å². The summed E-state index contributed by atoms with van der Waals surface area (Å²) in [6, 6.07) is 9.75. The second kappa shape index (κ2) is 6.43. The van der Waals surface area contributed by atoms with Gasteiger partial charge in [0.2, 0.25) is 11.2 Å². The number of likely N-dealkylation sites (N-methyl/N-ethyl adjacent to an activating group) is 1.